The number of carbonyl (C=O) groups is 1. The molecule has 0 radical (unpaired) electrons. The maximum Gasteiger partial charge on any atom is 0.324 e. The summed E-state index contributed by atoms with van der Waals surface area (Å²) in [6.45, 7) is 2.52. The first-order valence-corrected chi connectivity index (χ1v) is 8.65. The average molecular weight is 299 g/mol. The Hall–Kier alpha value is -0.670. The zero-order valence-electron chi connectivity index (χ0n) is 10.5. The first-order chi connectivity index (χ1) is 7.91. The number of hydrogen-bond acceptors (Lipinski definition) is 5. The molecule has 0 aliphatic carbocycles. The Kier molecular flexibility index (Phi) is 3.81. The molecule has 0 aromatic rings. The third-order valence-electron chi connectivity index (χ3n) is 3.30. The van der Waals surface area contributed by atoms with Crippen molar-refractivity contribution in [3.8, 4) is 0 Å². The second-order valence-corrected chi connectivity index (χ2v) is 9.37. The number of rotatable bonds is 4. The number of hydrogen-bond donors (Lipinski definition) is 1. The third kappa shape index (κ3) is 2.67. The SMILES string of the molecule is CN(C(C)(C)C(=O)O)S(=O)(=O)C1CCS(=O)(=O)C1. The van der Waals surface area contributed by atoms with E-state index >= 15 is 0 Å². The highest BCUT2D eigenvalue weighted by Gasteiger charge is 2.46. The van der Waals surface area contributed by atoms with Crippen LogP contribution in [0.25, 0.3) is 0 Å². The van der Waals surface area contributed by atoms with E-state index in [1.165, 1.54) is 13.8 Å². The number of carboxylic acid groups (broad SMARTS) is 1. The molecule has 18 heavy (non-hydrogen) atoms. The summed E-state index contributed by atoms with van der Waals surface area (Å²) < 4.78 is 47.7. The number of nitrogens with zero attached hydrogens (tertiary/aromatic N) is 1. The van der Waals surface area contributed by atoms with E-state index in [1.807, 2.05) is 0 Å². The molecule has 0 amide bonds. The largest absolute Gasteiger partial charge is 0.480 e. The van der Waals surface area contributed by atoms with Crippen molar-refractivity contribution in [2.45, 2.75) is 31.1 Å². The fraction of sp³-hybridized carbons (Fsp3) is 0.889. The van der Waals surface area contributed by atoms with Gasteiger partial charge in [0.05, 0.1) is 16.8 Å². The zero-order chi connectivity index (χ0) is 14.4. The summed E-state index contributed by atoms with van der Waals surface area (Å²) in [5.74, 6) is -1.89. The Balaban J connectivity index is 3.06. The maximum absolute atomic E-state index is 12.2. The summed E-state index contributed by atoms with van der Waals surface area (Å²) in [6.07, 6.45) is 0.0186. The van der Waals surface area contributed by atoms with Crippen molar-refractivity contribution in [1.82, 2.24) is 4.31 Å². The fourth-order valence-corrected chi connectivity index (χ4v) is 6.25. The third-order valence-corrected chi connectivity index (χ3v) is 7.75. The molecule has 106 valence electrons. The van der Waals surface area contributed by atoms with E-state index in [9.17, 15) is 21.6 Å². The van der Waals surface area contributed by atoms with Crippen LogP contribution in [-0.2, 0) is 24.7 Å². The molecule has 0 bridgehead atoms. The van der Waals surface area contributed by atoms with Crippen LogP contribution in [0.5, 0.6) is 0 Å². The van der Waals surface area contributed by atoms with Crippen molar-refractivity contribution in [2.75, 3.05) is 18.6 Å². The van der Waals surface area contributed by atoms with Crippen molar-refractivity contribution >= 4 is 25.8 Å². The van der Waals surface area contributed by atoms with Crippen LogP contribution in [0.3, 0.4) is 0 Å². The van der Waals surface area contributed by atoms with E-state index in [0.717, 1.165) is 11.4 Å². The summed E-state index contributed by atoms with van der Waals surface area (Å²) in [5, 5.41) is 7.95. The van der Waals surface area contributed by atoms with Gasteiger partial charge in [0.15, 0.2) is 9.84 Å². The lowest BCUT2D eigenvalue weighted by Gasteiger charge is -2.32. The second kappa shape index (κ2) is 4.46. The highest BCUT2D eigenvalue weighted by Crippen LogP contribution is 2.26. The van der Waals surface area contributed by atoms with Crippen molar-refractivity contribution in [2.24, 2.45) is 0 Å². The van der Waals surface area contributed by atoms with Gasteiger partial charge in [-0.1, -0.05) is 0 Å². The second-order valence-electron chi connectivity index (χ2n) is 4.90. The molecule has 0 saturated carbocycles. The summed E-state index contributed by atoms with van der Waals surface area (Å²) in [6, 6.07) is 0. The number of aliphatic carboxylic acids is 1. The van der Waals surface area contributed by atoms with E-state index in [1.54, 1.807) is 0 Å². The van der Waals surface area contributed by atoms with Gasteiger partial charge in [-0.15, -0.1) is 0 Å². The van der Waals surface area contributed by atoms with Gasteiger partial charge in [-0.25, -0.2) is 16.8 Å². The van der Waals surface area contributed by atoms with Crippen LogP contribution in [0.1, 0.15) is 20.3 Å². The average Bonchev–Trinajstić information content (AvgIpc) is 2.57. The molecule has 1 aliphatic heterocycles. The number of sulfone groups is 1. The van der Waals surface area contributed by atoms with Gasteiger partial charge in [-0.05, 0) is 20.3 Å². The van der Waals surface area contributed by atoms with Crippen LogP contribution in [0.2, 0.25) is 0 Å². The lowest BCUT2D eigenvalue weighted by atomic mass is 10.1. The van der Waals surface area contributed by atoms with Crippen molar-refractivity contribution in [1.29, 1.82) is 0 Å². The molecule has 1 N–H and O–H groups in total. The molecular weight excluding hydrogens is 282 g/mol. The fourth-order valence-electron chi connectivity index (χ4n) is 1.67. The first-order valence-electron chi connectivity index (χ1n) is 5.33. The van der Waals surface area contributed by atoms with Crippen molar-refractivity contribution in [3.63, 3.8) is 0 Å². The number of likely N-dealkylation sites (N-methyl/N-ethyl adjacent to an activating group) is 1. The van der Waals surface area contributed by atoms with E-state index in [4.69, 9.17) is 5.11 Å². The van der Waals surface area contributed by atoms with Gasteiger partial charge in [0.1, 0.15) is 5.54 Å². The lowest BCUT2D eigenvalue weighted by Crippen LogP contribution is -2.53. The Morgan fingerprint density at radius 3 is 2.22 bits per heavy atom. The first kappa shape index (κ1) is 15.4. The highest BCUT2D eigenvalue weighted by atomic mass is 32.2. The minimum absolute atomic E-state index is 0.0186. The molecule has 1 heterocycles. The standard InChI is InChI=1S/C9H17NO6S2/c1-9(2,8(11)12)10(3)18(15,16)7-4-5-17(13,14)6-7/h7H,4-6H2,1-3H3,(H,11,12). The van der Waals surface area contributed by atoms with Crippen LogP contribution in [-0.4, -0.2) is 61.6 Å². The molecule has 1 saturated heterocycles. The number of sulfonamides is 1. The molecule has 9 heteroatoms. The summed E-state index contributed by atoms with van der Waals surface area (Å²) in [7, 11) is -6.11. The quantitative estimate of drug-likeness (QED) is 0.735. The van der Waals surface area contributed by atoms with Gasteiger partial charge in [-0.3, -0.25) is 4.79 Å². The molecule has 7 nitrogen and oxygen atoms in total. The van der Waals surface area contributed by atoms with E-state index in [2.05, 4.69) is 0 Å². The van der Waals surface area contributed by atoms with Gasteiger partial charge in [0.25, 0.3) is 0 Å². The smallest absolute Gasteiger partial charge is 0.324 e. The maximum atomic E-state index is 12.2. The Bertz CT molecular complexity index is 548. The molecule has 1 atom stereocenters. The van der Waals surface area contributed by atoms with Crippen LogP contribution in [0.15, 0.2) is 0 Å². The minimum Gasteiger partial charge on any atom is -0.480 e. The molecule has 1 aliphatic rings. The van der Waals surface area contributed by atoms with E-state index < -0.39 is 42.4 Å². The normalized spacial score (nSPS) is 24.3. The highest BCUT2D eigenvalue weighted by molar-refractivity contribution is 7.95. The molecule has 1 rings (SSSR count). The predicted octanol–water partition coefficient (Wildman–Crippen LogP) is -0.702. The van der Waals surface area contributed by atoms with Gasteiger partial charge in [-0.2, -0.15) is 4.31 Å². The molecule has 0 aromatic heterocycles. The van der Waals surface area contributed by atoms with Crippen LogP contribution >= 0.6 is 0 Å². The monoisotopic (exact) mass is 299 g/mol. The Morgan fingerprint density at radius 1 is 1.39 bits per heavy atom. The summed E-state index contributed by atoms with van der Waals surface area (Å²) in [4.78, 5) is 11.0. The van der Waals surface area contributed by atoms with Gasteiger partial charge in [0, 0.05) is 7.05 Å². The minimum atomic E-state index is -3.94. The van der Waals surface area contributed by atoms with Crippen LogP contribution in [0, 0.1) is 0 Å². The van der Waals surface area contributed by atoms with E-state index in [-0.39, 0.29) is 12.2 Å². The van der Waals surface area contributed by atoms with Crippen LogP contribution < -0.4 is 0 Å². The molecule has 0 aromatic carbocycles. The van der Waals surface area contributed by atoms with Crippen molar-refractivity contribution < 1.29 is 26.7 Å². The summed E-state index contributed by atoms with van der Waals surface area (Å²) in [5.41, 5.74) is -1.61. The molecule has 1 unspecified atom stereocenters. The Morgan fingerprint density at radius 2 is 1.89 bits per heavy atom. The van der Waals surface area contributed by atoms with Crippen LogP contribution in [0.4, 0.5) is 0 Å². The Labute approximate surface area is 107 Å². The van der Waals surface area contributed by atoms with Crippen molar-refractivity contribution in [3.05, 3.63) is 0 Å². The number of carboxylic acids is 1. The van der Waals surface area contributed by atoms with Gasteiger partial charge < -0.3 is 5.11 Å². The summed E-state index contributed by atoms with van der Waals surface area (Å²) >= 11 is 0. The van der Waals surface area contributed by atoms with Gasteiger partial charge in [0.2, 0.25) is 10.0 Å². The molecular formula is C9H17NO6S2. The van der Waals surface area contributed by atoms with E-state index in [0.29, 0.717) is 0 Å². The zero-order valence-corrected chi connectivity index (χ0v) is 12.1. The van der Waals surface area contributed by atoms with Gasteiger partial charge >= 0.3 is 5.97 Å². The topological polar surface area (TPSA) is 109 Å². The molecule has 1 fully saturated rings. The molecule has 0 spiro atoms. The predicted molar refractivity (Wildman–Crippen MR) is 65.5 cm³/mol. The lowest BCUT2D eigenvalue weighted by molar-refractivity contribution is -0.145.